The van der Waals surface area contributed by atoms with Crippen LogP contribution in [0.15, 0.2) is 29.3 Å². The number of amides is 1. The first-order chi connectivity index (χ1) is 12.6. The van der Waals surface area contributed by atoms with Crippen molar-refractivity contribution in [3.63, 3.8) is 0 Å². The molecule has 1 fully saturated rings. The van der Waals surface area contributed by atoms with Crippen molar-refractivity contribution < 1.29 is 4.79 Å². The molecule has 1 aromatic rings. The Kier molecular flexibility index (Phi) is 6.01. The van der Waals surface area contributed by atoms with Crippen LogP contribution in [-0.4, -0.2) is 73.5 Å². The molecule has 1 atom stereocenters. The molecule has 2 aliphatic rings. The van der Waals surface area contributed by atoms with E-state index >= 15 is 0 Å². The summed E-state index contributed by atoms with van der Waals surface area (Å²) >= 11 is 0. The van der Waals surface area contributed by atoms with Crippen LogP contribution in [0.3, 0.4) is 0 Å². The summed E-state index contributed by atoms with van der Waals surface area (Å²) in [4.78, 5) is 23.1. The number of guanidine groups is 1. The standard InChI is InChI=1S/C20H31N5O/c1-4-21-20(24-13-11-23(12-14-24)17(3)26)22-15-16(2)25-10-9-18-7-5-6-8-19(18)25/h5-8,16H,4,9-15H2,1-3H3,(H,21,22). The fourth-order valence-electron chi connectivity index (χ4n) is 3.80. The Balaban J connectivity index is 1.62. The van der Waals surface area contributed by atoms with E-state index in [1.807, 2.05) is 4.90 Å². The van der Waals surface area contributed by atoms with Crippen LogP contribution in [0, 0.1) is 0 Å². The van der Waals surface area contributed by atoms with Crippen LogP contribution in [0.5, 0.6) is 0 Å². The number of fused-ring (bicyclic) bond motifs is 1. The molecule has 6 heteroatoms. The lowest BCUT2D eigenvalue weighted by atomic mass is 10.2. The fourth-order valence-corrected chi connectivity index (χ4v) is 3.80. The monoisotopic (exact) mass is 357 g/mol. The molecule has 0 saturated carbocycles. The van der Waals surface area contributed by atoms with E-state index < -0.39 is 0 Å². The number of anilines is 1. The quantitative estimate of drug-likeness (QED) is 0.656. The number of benzene rings is 1. The lowest BCUT2D eigenvalue weighted by Gasteiger charge is -2.36. The molecule has 3 rings (SSSR count). The minimum Gasteiger partial charge on any atom is -0.366 e. The average Bonchev–Trinajstić information content (AvgIpc) is 3.09. The third kappa shape index (κ3) is 4.11. The first-order valence-electron chi connectivity index (χ1n) is 9.73. The van der Waals surface area contributed by atoms with Crippen LogP contribution in [0.2, 0.25) is 0 Å². The van der Waals surface area contributed by atoms with E-state index in [9.17, 15) is 4.79 Å². The van der Waals surface area contributed by atoms with E-state index in [2.05, 4.69) is 53.2 Å². The second kappa shape index (κ2) is 8.43. The molecule has 1 amide bonds. The largest absolute Gasteiger partial charge is 0.366 e. The number of piperazine rings is 1. The molecule has 142 valence electrons. The molecule has 0 aromatic heterocycles. The van der Waals surface area contributed by atoms with Crippen molar-refractivity contribution in [1.82, 2.24) is 15.1 Å². The van der Waals surface area contributed by atoms with Crippen molar-refractivity contribution >= 4 is 17.6 Å². The Labute approximate surface area is 156 Å². The number of hydrogen-bond acceptors (Lipinski definition) is 3. The number of carbonyl (C=O) groups is 1. The van der Waals surface area contributed by atoms with Gasteiger partial charge in [0.2, 0.25) is 5.91 Å². The van der Waals surface area contributed by atoms with Gasteiger partial charge in [-0.3, -0.25) is 9.79 Å². The predicted octanol–water partition coefficient (Wildman–Crippen LogP) is 1.57. The van der Waals surface area contributed by atoms with Crippen molar-refractivity contribution in [2.24, 2.45) is 4.99 Å². The lowest BCUT2D eigenvalue weighted by molar-refractivity contribution is -0.130. The molecule has 2 aliphatic heterocycles. The van der Waals surface area contributed by atoms with Gasteiger partial charge in [0, 0.05) is 57.9 Å². The van der Waals surface area contributed by atoms with Gasteiger partial charge in [-0.1, -0.05) is 18.2 Å². The number of aliphatic imine (C=N–C) groups is 1. The maximum Gasteiger partial charge on any atom is 0.219 e. The first-order valence-corrected chi connectivity index (χ1v) is 9.73. The number of nitrogens with one attached hydrogen (secondary N) is 1. The van der Waals surface area contributed by atoms with Crippen LogP contribution in [0.4, 0.5) is 5.69 Å². The number of carbonyl (C=O) groups excluding carboxylic acids is 1. The highest BCUT2D eigenvalue weighted by Crippen LogP contribution is 2.29. The van der Waals surface area contributed by atoms with Crippen molar-refractivity contribution in [1.29, 1.82) is 0 Å². The highest BCUT2D eigenvalue weighted by atomic mass is 16.2. The predicted molar refractivity (Wildman–Crippen MR) is 107 cm³/mol. The first kappa shape index (κ1) is 18.5. The van der Waals surface area contributed by atoms with E-state index in [1.165, 1.54) is 11.3 Å². The van der Waals surface area contributed by atoms with Gasteiger partial charge in [-0.05, 0) is 31.9 Å². The summed E-state index contributed by atoms with van der Waals surface area (Å²) in [5.74, 6) is 1.13. The maximum absolute atomic E-state index is 11.5. The topological polar surface area (TPSA) is 51.2 Å². The number of para-hydroxylation sites is 1. The van der Waals surface area contributed by atoms with E-state index in [4.69, 9.17) is 4.99 Å². The summed E-state index contributed by atoms with van der Waals surface area (Å²) in [5, 5.41) is 3.42. The Bertz CT molecular complexity index is 651. The van der Waals surface area contributed by atoms with Gasteiger partial charge in [-0.2, -0.15) is 0 Å². The Morgan fingerprint density at radius 2 is 1.85 bits per heavy atom. The van der Waals surface area contributed by atoms with Gasteiger partial charge in [0.25, 0.3) is 0 Å². The van der Waals surface area contributed by atoms with Crippen LogP contribution < -0.4 is 10.2 Å². The Morgan fingerprint density at radius 3 is 2.54 bits per heavy atom. The highest BCUT2D eigenvalue weighted by Gasteiger charge is 2.24. The summed E-state index contributed by atoms with van der Waals surface area (Å²) < 4.78 is 0. The zero-order valence-corrected chi connectivity index (χ0v) is 16.2. The van der Waals surface area contributed by atoms with Gasteiger partial charge >= 0.3 is 0 Å². The molecule has 1 aromatic carbocycles. The molecule has 26 heavy (non-hydrogen) atoms. The summed E-state index contributed by atoms with van der Waals surface area (Å²) in [6.07, 6.45) is 1.12. The van der Waals surface area contributed by atoms with Gasteiger partial charge in [0.1, 0.15) is 0 Å². The third-order valence-electron chi connectivity index (χ3n) is 5.32. The number of hydrogen-bond donors (Lipinski definition) is 1. The fraction of sp³-hybridized carbons (Fsp3) is 0.600. The smallest absolute Gasteiger partial charge is 0.219 e. The normalized spacial score (nSPS) is 18.7. The zero-order valence-electron chi connectivity index (χ0n) is 16.2. The van der Waals surface area contributed by atoms with Crippen LogP contribution >= 0.6 is 0 Å². The number of nitrogens with zero attached hydrogens (tertiary/aromatic N) is 4. The molecule has 1 unspecified atom stereocenters. The lowest BCUT2D eigenvalue weighted by Crippen LogP contribution is -2.53. The van der Waals surface area contributed by atoms with E-state index in [0.717, 1.165) is 58.2 Å². The van der Waals surface area contributed by atoms with Crippen molar-refractivity contribution in [3.05, 3.63) is 29.8 Å². The van der Waals surface area contributed by atoms with Gasteiger partial charge in [0.05, 0.1) is 6.54 Å². The molecule has 1 N–H and O–H groups in total. The minimum absolute atomic E-state index is 0.160. The summed E-state index contributed by atoms with van der Waals surface area (Å²) in [5.41, 5.74) is 2.80. The molecule has 0 aliphatic carbocycles. The molecule has 0 radical (unpaired) electrons. The van der Waals surface area contributed by atoms with Crippen LogP contribution in [0.25, 0.3) is 0 Å². The summed E-state index contributed by atoms with van der Waals surface area (Å²) in [6.45, 7) is 11.9. The summed E-state index contributed by atoms with van der Waals surface area (Å²) in [7, 11) is 0. The molecular formula is C20H31N5O. The Hall–Kier alpha value is -2.24. The molecule has 1 saturated heterocycles. The second-order valence-corrected chi connectivity index (χ2v) is 7.11. The summed E-state index contributed by atoms with van der Waals surface area (Å²) in [6, 6.07) is 9.05. The third-order valence-corrected chi connectivity index (χ3v) is 5.32. The van der Waals surface area contributed by atoms with Crippen molar-refractivity contribution in [2.75, 3.05) is 50.7 Å². The molecule has 6 nitrogen and oxygen atoms in total. The molecule has 2 heterocycles. The van der Waals surface area contributed by atoms with Gasteiger partial charge in [0.15, 0.2) is 5.96 Å². The van der Waals surface area contributed by atoms with Crippen LogP contribution in [0.1, 0.15) is 26.3 Å². The van der Waals surface area contributed by atoms with Gasteiger partial charge < -0.3 is 20.0 Å². The Morgan fingerprint density at radius 1 is 1.15 bits per heavy atom. The van der Waals surface area contributed by atoms with E-state index in [0.29, 0.717) is 6.04 Å². The second-order valence-electron chi connectivity index (χ2n) is 7.11. The van der Waals surface area contributed by atoms with Crippen LogP contribution in [-0.2, 0) is 11.2 Å². The number of rotatable bonds is 4. The molecule has 0 spiro atoms. The highest BCUT2D eigenvalue weighted by molar-refractivity contribution is 5.80. The average molecular weight is 358 g/mol. The van der Waals surface area contributed by atoms with Crippen molar-refractivity contribution in [3.8, 4) is 0 Å². The molecule has 0 bridgehead atoms. The maximum atomic E-state index is 11.5. The van der Waals surface area contributed by atoms with Gasteiger partial charge in [-0.25, -0.2) is 0 Å². The SMILES string of the molecule is CCNC(=NCC(C)N1CCc2ccccc21)N1CCN(C(C)=O)CC1. The van der Waals surface area contributed by atoms with Gasteiger partial charge in [-0.15, -0.1) is 0 Å². The van der Waals surface area contributed by atoms with Crippen molar-refractivity contribution in [2.45, 2.75) is 33.2 Å². The van der Waals surface area contributed by atoms with E-state index in [-0.39, 0.29) is 5.91 Å². The minimum atomic E-state index is 0.160. The zero-order chi connectivity index (χ0) is 18.5. The molecular weight excluding hydrogens is 326 g/mol. The van der Waals surface area contributed by atoms with E-state index in [1.54, 1.807) is 6.92 Å².